The highest BCUT2D eigenvalue weighted by Gasteiger charge is 2.34. The molecule has 102 valence electrons. The monoisotopic (exact) mass is 261 g/mol. The molecule has 1 aromatic rings. The van der Waals surface area contributed by atoms with Crippen LogP contribution in [0.4, 0.5) is 10.1 Å². The van der Waals surface area contributed by atoms with E-state index in [1.54, 1.807) is 12.1 Å². The number of benzene rings is 1. The summed E-state index contributed by atoms with van der Waals surface area (Å²) in [6.45, 7) is 5.97. The van der Waals surface area contributed by atoms with Crippen molar-refractivity contribution in [2.45, 2.75) is 38.3 Å². The first-order valence-corrected chi connectivity index (χ1v) is 6.67. The first kappa shape index (κ1) is 13.8. The zero-order valence-corrected chi connectivity index (χ0v) is 11.5. The van der Waals surface area contributed by atoms with Gasteiger partial charge in [0.05, 0.1) is 18.5 Å². The quantitative estimate of drug-likeness (QED) is 0.889. The van der Waals surface area contributed by atoms with Crippen molar-refractivity contribution in [3.8, 4) is 6.07 Å². The van der Waals surface area contributed by atoms with Crippen LogP contribution in [0.3, 0.4) is 0 Å². The number of nitriles is 1. The van der Waals surface area contributed by atoms with Crippen LogP contribution < -0.4 is 10.2 Å². The highest BCUT2D eigenvalue weighted by Crippen LogP contribution is 2.31. The number of hydrogen-bond acceptors (Lipinski definition) is 3. The summed E-state index contributed by atoms with van der Waals surface area (Å²) in [5.74, 6) is -0.235. The molecule has 19 heavy (non-hydrogen) atoms. The molecule has 1 heterocycles. The zero-order valence-electron chi connectivity index (χ0n) is 11.5. The van der Waals surface area contributed by atoms with Gasteiger partial charge in [0.15, 0.2) is 0 Å². The number of halogens is 1. The Labute approximate surface area is 114 Å². The third-order valence-corrected chi connectivity index (χ3v) is 3.72. The van der Waals surface area contributed by atoms with E-state index >= 15 is 0 Å². The Bertz CT molecular complexity index is 479. The molecule has 0 spiro atoms. The van der Waals surface area contributed by atoms with Gasteiger partial charge in [-0.25, -0.2) is 4.39 Å². The summed E-state index contributed by atoms with van der Waals surface area (Å²) in [6.07, 6.45) is 1.40. The molecule has 1 atom stereocenters. The van der Waals surface area contributed by atoms with Gasteiger partial charge in [0.2, 0.25) is 0 Å². The molecule has 0 saturated carbocycles. The molecule has 1 saturated heterocycles. The Morgan fingerprint density at radius 2 is 2.32 bits per heavy atom. The van der Waals surface area contributed by atoms with Crippen molar-refractivity contribution in [2.75, 3.05) is 18.0 Å². The second kappa shape index (κ2) is 5.58. The molecule has 2 rings (SSSR count). The van der Waals surface area contributed by atoms with Crippen molar-refractivity contribution in [3.63, 3.8) is 0 Å². The van der Waals surface area contributed by atoms with E-state index in [0.717, 1.165) is 25.2 Å². The molecule has 1 unspecified atom stereocenters. The largest absolute Gasteiger partial charge is 0.361 e. The first-order chi connectivity index (χ1) is 9.04. The van der Waals surface area contributed by atoms with Gasteiger partial charge in [-0.15, -0.1) is 0 Å². The van der Waals surface area contributed by atoms with Gasteiger partial charge >= 0.3 is 0 Å². The molecule has 1 aromatic carbocycles. The Morgan fingerprint density at radius 1 is 1.53 bits per heavy atom. The van der Waals surface area contributed by atoms with Crippen molar-refractivity contribution in [3.05, 3.63) is 30.1 Å². The topological polar surface area (TPSA) is 39.1 Å². The summed E-state index contributed by atoms with van der Waals surface area (Å²) < 4.78 is 13.5. The number of nitrogens with zero attached hydrogens (tertiary/aromatic N) is 2. The molecule has 3 nitrogen and oxygen atoms in total. The van der Waals surface area contributed by atoms with Crippen LogP contribution in [0.25, 0.3) is 0 Å². The van der Waals surface area contributed by atoms with Crippen LogP contribution >= 0.6 is 0 Å². The minimum absolute atomic E-state index is 0.0734. The Kier molecular flexibility index (Phi) is 4.06. The van der Waals surface area contributed by atoms with Crippen molar-refractivity contribution in [2.24, 2.45) is 0 Å². The summed E-state index contributed by atoms with van der Waals surface area (Å²) in [5, 5.41) is 12.4. The molecule has 0 radical (unpaired) electrons. The average molecular weight is 261 g/mol. The second-order valence-corrected chi connectivity index (χ2v) is 5.63. The minimum atomic E-state index is -0.235. The lowest BCUT2D eigenvalue weighted by Gasteiger charge is -2.43. The maximum Gasteiger partial charge on any atom is 0.125 e. The predicted octanol–water partition coefficient (Wildman–Crippen LogP) is 2.69. The second-order valence-electron chi connectivity index (χ2n) is 5.63. The summed E-state index contributed by atoms with van der Waals surface area (Å²) in [4.78, 5) is 2.19. The van der Waals surface area contributed by atoms with E-state index < -0.39 is 0 Å². The summed E-state index contributed by atoms with van der Waals surface area (Å²) >= 11 is 0. The van der Waals surface area contributed by atoms with Gasteiger partial charge in [0, 0.05) is 17.8 Å². The summed E-state index contributed by atoms with van der Waals surface area (Å²) in [7, 11) is 0. The standard InChI is InChI=1S/C15H20FN3/c1-15(2)7-9-18-11-14(6-8-17)19(15)13-5-3-4-12(16)10-13/h3-5,10,14,18H,6-7,9,11H2,1-2H3. The minimum Gasteiger partial charge on any atom is -0.361 e. The van der Waals surface area contributed by atoms with E-state index in [0.29, 0.717) is 6.42 Å². The lowest BCUT2D eigenvalue weighted by atomic mass is 9.95. The lowest BCUT2D eigenvalue weighted by molar-refractivity contribution is 0.417. The molecular weight excluding hydrogens is 241 g/mol. The molecule has 1 N–H and O–H groups in total. The first-order valence-electron chi connectivity index (χ1n) is 6.67. The van der Waals surface area contributed by atoms with E-state index in [1.165, 1.54) is 6.07 Å². The van der Waals surface area contributed by atoms with E-state index in [2.05, 4.69) is 30.1 Å². The molecule has 1 aliphatic heterocycles. The lowest BCUT2D eigenvalue weighted by Crippen LogP contribution is -2.50. The highest BCUT2D eigenvalue weighted by molar-refractivity contribution is 5.50. The highest BCUT2D eigenvalue weighted by atomic mass is 19.1. The van der Waals surface area contributed by atoms with Gasteiger partial charge < -0.3 is 10.2 Å². The SMILES string of the molecule is CC1(C)CCNCC(CC#N)N1c1cccc(F)c1. The predicted molar refractivity (Wildman–Crippen MR) is 74.5 cm³/mol. The Morgan fingerprint density at radius 3 is 3.00 bits per heavy atom. The molecule has 4 heteroatoms. The van der Waals surface area contributed by atoms with E-state index in [1.807, 2.05) is 6.07 Å². The summed E-state index contributed by atoms with van der Waals surface area (Å²) in [5.41, 5.74) is 0.757. The fourth-order valence-corrected chi connectivity index (χ4v) is 2.82. The summed E-state index contributed by atoms with van der Waals surface area (Å²) in [6, 6.07) is 8.96. The van der Waals surface area contributed by atoms with E-state index in [-0.39, 0.29) is 17.4 Å². The molecule has 0 aliphatic carbocycles. The van der Waals surface area contributed by atoms with Gasteiger partial charge in [-0.1, -0.05) is 6.07 Å². The van der Waals surface area contributed by atoms with Crippen molar-refractivity contribution >= 4 is 5.69 Å². The van der Waals surface area contributed by atoms with Gasteiger partial charge in [-0.2, -0.15) is 5.26 Å². The fourth-order valence-electron chi connectivity index (χ4n) is 2.82. The molecule has 1 aliphatic rings. The number of anilines is 1. The fraction of sp³-hybridized carbons (Fsp3) is 0.533. The van der Waals surface area contributed by atoms with Crippen LogP contribution in [0.1, 0.15) is 26.7 Å². The van der Waals surface area contributed by atoms with Crippen molar-refractivity contribution < 1.29 is 4.39 Å². The molecule has 0 aromatic heterocycles. The van der Waals surface area contributed by atoms with Crippen LogP contribution in [0.2, 0.25) is 0 Å². The van der Waals surface area contributed by atoms with Crippen molar-refractivity contribution in [1.82, 2.24) is 5.32 Å². The normalized spacial score (nSPS) is 22.6. The maximum atomic E-state index is 13.5. The third-order valence-electron chi connectivity index (χ3n) is 3.72. The molecule has 0 bridgehead atoms. The van der Waals surface area contributed by atoms with Crippen LogP contribution in [-0.4, -0.2) is 24.7 Å². The number of nitrogens with one attached hydrogen (secondary N) is 1. The Hall–Kier alpha value is -1.60. The maximum absolute atomic E-state index is 13.5. The molecular formula is C15H20FN3. The van der Waals surface area contributed by atoms with E-state index in [9.17, 15) is 4.39 Å². The van der Waals surface area contributed by atoms with Gasteiger partial charge in [0.1, 0.15) is 5.82 Å². The molecule has 1 fully saturated rings. The van der Waals surface area contributed by atoms with Gasteiger partial charge in [-0.3, -0.25) is 0 Å². The number of hydrogen-bond donors (Lipinski definition) is 1. The van der Waals surface area contributed by atoms with E-state index in [4.69, 9.17) is 5.26 Å². The zero-order chi connectivity index (χ0) is 13.9. The Balaban J connectivity index is 2.41. The smallest absolute Gasteiger partial charge is 0.125 e. The van der Waals surface area contributed by atoms with Crippen LogP contribution in [-0.2, 0) is 0 Å². The van der Waals surface area contributed by atoms with Gasteiger partial charge in [0.25, 0.3) is 0 Å². The third kappa shape index (κ3) is 3.05. The van der Waals surface area contributed by atoms with Gasteiger partial charge in [-0.05, 0) is 45.0 Å². The van der Waals surface area contributed by atoms with Crippen LogP contribution in [0.15, 0.2) is 24.3 Å². The average Bonchev–Trinajstić information content (AvgIpc) is 2.48. The number of rotatable bonds is 2. The van der Waals surface area contributed by atoms with Crippen LogP contribution in [0, 0.1) is 17.1 Å². The van der Waals surface area contributed by atoms with Crippen LogP contribution in [0.5, 0.6) is 0 Å². The molecule has 0 amide bonds. The van der Waals surface area contributed by atoms with Crippen molar-refractivity contribution in [1.29, 1.82) is 5.26 Å².